The van der Waals surface area contributed by atoms with Crippen molar-refractivity contribution in [3.05, 3.63) is 92.6 Å². The highest BCUT2D eigenvalue weighted by Crippen LogP contribution is 2.36. The molecule has 3 amide bonds. The standard InChI is InChI=1S/C24H16Br2FN3O4/c25-19-10-14(9-18-23(32)29-30(24(18)33)17-7-2-1-3-8-17)11-20(26)22(19)34-13-21(31)28-16-6-4-5-15(27)12-16/h1-12H,13H2,(H,28,31)(H,29,32)/b18-9-. The molecule has 1 aliphatic heterocycles. The Bertz CT molecular complexity index is 1290. The van der Waals surface area contributed by atoms with Gasteiger partial charge in [-0.1, -0.05) is 24.3 Å². The number of ether oxygens (including phenoxy) is 1. The van der Waals surface area contributed by atoms with Crippen molar-refractivity contribution in [3.63, 3.8) is 0 Å². The molecule has 3 aromatic carbocycles. The molecular formula is C24H16Br2FN3O4. The van der Waals surface area contributed by atoms with Crippen LogP contribution >= 0.6 is 31.9 Å². The summed E-state index contributed by atoms with van der Waals surface area (Å²) in [5.41, 5.74) is 3.95. The number of benzene rings is 3. The number of amides is 3. The second-order valence-electron chi connectivity index (χ2n) is 7.14. The first kappa shape index (κ1) is 23.7. The van der Waals surface area contributed by atoms with Crippen LogP contribution in [0.5, 0.6) is 5.75 Å². The molecule has 10 heteroatoms. The molecule has 1 fully saturated rings. The monoisotopic (exact) mass is 587 g/mol. The lowest BCUT2D eigenvalue weighted by Crippen LogP contribution is -2.35. The minimum absolute atomic E-state index is 0.0224. The topological polar surface area (TPSA) is 87.7 Å². The molecule has 1 aliphatic rings. The summed E-state index contributed by atoms with van der Waals surface area (Å²) in [5, 5.41) is 3.74. The van der Waals surface area contributed by atoms with Crippen LogP contribution in [0.4, 0.5) is 15.8 Å². The van der Waals surface area contributed by atoms with Gasteiger partial charge in [0.1, 0.15) is 17.1 Å². The highest BCUT2D eigenvalue weighted by Gasteiger charge is 2.34. The molecule has 3 aromatic rings. The number of para-hydroxylation sites is 1. The minimum atomic E-state index is -0.518. The van der Waals surface area contributed by atoms with Crippen molar-refractivity contribution in [2.24, 2.45) is 0 Å². The average Bonchev–Trinajstić information content (AvgIpc) is 3.07. The molecule has 0 aliphatic carbocycles. The lowest BCUT2D eigenvalue weighted by Gasteiger charge is -2.14. The van der Waals surface area contributed by atoms with E-state index in [4.69, 9.17) is 4.74 Å². The van der Waals surface area contributed by atoms with E-state index >= 15 is 0 Å². The summed E-state index contributed by atoms with van der Waals surface area (Å²) < 4.78 is 19.9. The number of hydrogen-bond donors (Lipinski definition) is 2. The number of carbonyl (C=O) groups excluding carboxylic acids is 3. The number of carbonyl (C=O) groups is 3. The molecule has 0 aromatic heterocycles. The Morgan fingerprint density at radius 1 is 1.03 bits per heavy atom. The van der Waals surface area contributed by atoms with Crippen LogP contribution in [-0.4, -0.2) is 24.3 Å². The first-order chi connectivity index (χ1) is 16.3. The molecule has 1 saturated heterocycles. The molecule has 2 N–H and O–H groups in total. The van der Waals surface area contributed by atoms with Crippen molar-refractivity contribution < 1.29 is 23.5 Å². The molecule has 0 unspecified atom stereocenters. The number of nitrogens with zero attached hydrogens (tertiary/aromatic N) is 1. The fourth-order valence-corrected chi connectivity index (χ4v) is 4.64. The van der Waals surface area contributed by atoms with Gasteiger partial charge >= 0.3 is 0 Å². The smallest absolute Gasteiger partial charge is 0.282 e. The number of rotatable bonds is 6. The third-order valence-electron chi connectivity index (χ3n) is 4.69. The Kier molecular flexibility index (Phi) is 7.09. The van der Waals surface area contributed by atoms with Crippen LogP contribution in [0, 0.1) is 5.82 Å². The summed E-state index contributed by atoms with van der Waals surface area (Å²) in [4.78, 5) is 37.3. The normalized spacial score (nSPS) is 14.3. The van der Waals surface area contributed by atoms with Crippen LogP contribution in [0.2, 0.25) is 0 Å². The van der Waals surface area contributed by atoms with Gasteiger partial charge in [-0.25, -0.2) is 9.40 Å². The molecule has 7 nitrogen and oxygen atoms in total. The first-order valence-electron chi connectivity index (χ1n) is 9.91. The van der Waals surface area contributed by atoms with Gasteiger partial charge in [0.05, 0.1) is 14.6 Å². The van der Waals surface area contributed by atoms with Gasteiger partial charge in [-0.3, -0.25) is 19.8 Å². The maximum atomic E-state index is 13.3. The van der Waals surface area contributed by atoms with Crippen molar-refractivity contribution in [2.75, 3.05) is 16.9 Å². The summed E-state index contributed by atoms with van der Waals surface area (Å²) in [6.45, 7) is -0.318. The maximum Gasteiger partial charge on any atom is 0.282 e. The van der Waals surface area contributed by atoms with E-state index in [-0.39, 0.29) is 12.2 Å². The van der Waals surface area contributed by atoms with Gasteiger partial charge in [-0.2, -0.15) is 0 Å². The minimum Gasteiger partial charge on any atom is -0.481 e. The van der Waals surface area contributed by atoms with Crippen molar-refractivity contribution in [2.45, 2.75) is 0 Å². The predicted octanol–water partition coefficient (Wildman–Crippen LogP) is 4.83. The summed E-state index contributed by atoms with van der Waals surface area (Å²) in [6.07, 6.45) is 1.47. The first-order valence-corrected chi connectivity index (χ1v) is 11.5. The lowest BCUT2D eigenvalue weighted by molar-refractivity contribution is -0.118. The van der Waals surface area contributed by atoms with Gasteiger partial charge < -0.3 is 10.1 Å². The molecule has 1 heterocycles. The van der Waals surface area contributed by atoms with E-state index in [1.165, 1.54) is 29.3 Å². The highest BCUT2D eigenvalue weighted by atomic mass is 79.9. The number of anilines is 2. The van der Waals surface area contributed by atoms with Crippen molar-refractivity contribution in [1.29, 1.82) is 0 Å². The molecule has 0 saturated carbocycles. The molecular weight excluding hydrogens is 573 g/mol. The fourth-order valence-electron chi connectivity index (χ4n) is 3.18. The summed E-state index contributed by atoms with van der Waals surface area (Å²) >= 11 is 6.78. The Morgan fingerprint density at radius 2 is 1.74 bits per heavy atom. The van der Waals surface area contributed by atoms with Gasteiger partial charge in [0, 0.05) is 5.69 Å². The van der Waals surface area contributed by atoms with Gasteiger partial charge in [0.25, 0.3) is 17.7 Å². The zero-order valence-electron chi connectivity index (χ0n) is 17.3. The van der Waals surface area contributed by atoms with Crippen LogP contribution in [0.1, 0.15) is 5.56 Å². The summed E-state index contributed by atoms with van der Waals surface area (Å²) in [5.74, 6) is -1.57. The van der Waals surface area contributed by atoms with Crippen LogP contribution < -0.4 is 20.5 Å². The maximum absolute atomic E-state index is 13.3. The van der Waals surface area contributed by atoms with Crippen LogP contribution in [0.25, 0.3) is 6.08 Å². The van der Waals surface area contributed by atoms with Gasteiger partial charge in [0.2, 0.25) is 0 Å². The molecule has 34 heavy (non-hydrogen) atoms. The van der Waals surface area contributed by atoms with Crippen molar-refractivity contribution in [1.82, 2.24) is 5.43 Å². The molecule has 0 spiro atoms. The zero-order valence-corrected chi connectivity index (χ0v) is 20.5. The largest absolute Gasteiger partial charge is 0.481 e. The second-order valence-corrected chi connectivity index (χ2v) is 8.84. The summed E-state index contributed by atoms with van der Waals surface area (Å²) in [7, 11) is 0. The van der Waals surface area contributed by atoms with E-state index in [0.29, 0.717) is 31.6 Å². The fraction of sp³-hybridized carbons (Fsp3) is 0.0417. The summed E-state index contributed by atoms with van der Waals surface area (Å²) in [6, 6.07) is 17.6. The number of hydrogen-bond acceptors (Lipinski definition) is 4. The van der Waals surface area contributed by atoms with Crippen molar-refractivity contribution in [3.8, 4) is 5.75 Å². The lowest BCUT2D eigenvalue weighted by atomic mass is 10.1. The van der Waals surface area contributed by atoms with Crippen LogP contribution in [0.3, 0.4) is 0 Å². The zero-order chi connectivity index (χ0) is 24.2. The molecule has 0 radical (unpaired) electrons. The third-order valence-corrected chi connectivity index (χ3v) is 5.87. The highest BCUT2D eigenvalue weighted by molar-refractivity contribution is 9.11. The van der Waals surface area contributed by atoms with Crippen LogP contribution in [0.15, 0.2) is 81.2 Å². The SMILES string of the molecule is O=C(COc1c(Br)cc(/C=C2/C(=O)NN(c3ccccc3)C2=O)cc1Br)Nc1cccc(F)c1. The van der Waals surface area contributed by atoms with Crippen LogP contribution in [-0.2, 0) is 14.4 Å². The van der Waals surface area contributed by atoms with Gasteiger partial charge in [-0.15, -0.1) is 0 Å². The molecule has 4 rings (SSSR count). The van der Waals surface area contributed by atoms with E-state index in [1.54, 1.807) is 42.5 Å². The van der Waals surface area contributed by atoms with E-state index < -0.39 is 23.5 Å². The van der Waals surface area contributed by atoms with E-state index in [1.807, 2.05) is 6.07 Å². The third kappa shape index (κ3) is 5.35. The quantitative estimate of drug-likeness (QED) is 0.319. The van der Waals surface area contributed by atoms with Gasteiger partial charge in [-0.05, 0) is 86.0 Å². The number of hydrazine groups is 1. The van der Waals surface area contributed by atoms with E-state index in [0.717, 1.165) is 0 Å². The Labute approximate surface area is 210 Å². The van der Waals surface area contributed by atoms with Crippen molar-refractivity contribution >= 4 is 67.0 Å². The second kappa shape index (κ2) is 10.2. The number of halogens is 3. The molecule has 172 valence electrons. The Hall–Kier alpha value is -3.50. The Morgan fingerprint density at radius 3 is 2.41 bits per heavy atom. The predicted molar refractivity (Wildman–Crippen MR) is 132 cm³/mol. The Balaban J connectivity index is 1.47. The molecule has 0 bridgehead atoms. The molecule has 0 atom stereocenters. The van der Waals surface area contributed by atoms with E-state index in [9.17, 15) is 18.8 Å². The number of nitrogens with one attached hydrogen (secondary N) is 2. The van der Waals surface area contributed by atoms with E-state index in [2.05, 4.69) is 42.6 Å². The average molecular weight is 589 g/mol. The van der Waals surface area contributed by atoms with Gasteiger partial charge in [0.15, 0.2) is 6.61 Å².